The second-order valence-corrected chi connectivity index (χ2v) is 5.35. The Morgan fingerprint density at radius 1 is 0.444 bits per heavy atom. The fraction of sp³-hybridized carbons (Fsp3) is 0.882. The molecule has 0 aliphatic heterocycles. The first kappa shape index (κ1) is 18.0. The van der Waals surface area contributed by atoms with E-state index < -0.39 is 0 Å². The molecule has 0 rings (SSSR count). The van der Waals surface area contributed by atoms with Crippen LogP contribution < -0.4 is 5.32 Å². The molecule has 0 saturated heterocycles. The summed E-state index contributed by atoms with van der Waals surface area (Å²) in [4.78, 5) is 0. The lowest BCUT2D eigenvalue weighted by atomic mass is 10.1. The van der Waals surface area contributed by atoms with Gasteiger partial charge < -0.3 is 5.32 Å². The van der Waals surface area contributed by atoms with Crippen LogP contribution in [0.25, 0.3) is 0 Å². The molecular weight excluding hydrogens is 218 g/mol. The highest BCUT2D eigenvalue weighted by atomic mass is 14.8. The monoisotopic (exact) mass is 253 g/mol. The zero-order valence-electron chi connectivity index (χ0n) is 12.5. The second kappa shape index (κ2) is 17.0. The maximum atomic E-state index is 3.87. The van der Waals surface area contributed by atoms with Crippen LogP contribution in [0.5, 0.6) is 0 Å². The van der Waals surface area contributed by atoms with Crippen LogP contribution in [0.3, 0.4) is 0 Å². The van der Waals surface area contributed by atoms with Crippen molar-refractivity contribution in [2.45, 2.75) is 83.5 Å². The van der Waals surface area contributed by atoms with Crippen molar-refractivity contribution in [3.05, 3.63) is 13.8 Å². The SMILES string of the molecule is [CH2]CCCCCCCCCCNCCCCC[CH2]. The van der Waals surface area contributed by atoms with Crippen LogP contribution in [0, 0.1) is 13.8 Å². The Labute approximate surface area is 116 Å². The van der Waals surface area contributed by atoms with Crippen molar-refractivity contribution in [2.24, 2.45) is 0 Å². The van der Waals surface area contributed by atoms with Gasteiger partial charge in [0.15, 0.2) is 0 Å². The molecule has 1 N–H and O–H groups in total. The van der Waals surface area contributed by atoms with Gasteiger partial charge in [0.25, 0.3) is 0 Å². The summed E-state index contributed by atoms with van der Waals surface area (Å²) in [5.41, 5.74) is 0. The molecule has 0 aromatic rings. The van der Waals surface area contributed by atoms with E-state index in [0.29, 0.717) is 0 Å². The first-order valence-electron chi connectivity index (χ1n) is 8.21. The van der Waals surface area contributed by atoms with E-state index >= 15 is 0 Å². The van der Waals surface area contributed by atoms with Crippen molar-refractivity contribution in [2.75, 3.05) is 13.1 Å². The molecule has 0 aliphatic carbocycles. The highest BCUT2D eigenvalue weighted by molar-refractivity contribution is 4.52. The van der Waals surface area contributed by atoms with Crippen molar-refractivity contribution >= 4 is 0 Å². The maximum absolute atomic E-state index is 3.87. The topological polar surface area (TPSA) is 12.0 Å². The molecule has 108 valence electrons. The van der Waals surface area contributed by atoms with Crippen LogP contribution in [-0.4, -0.2) is 13.1 Å². The molecule has 1 heteroatoms. The minimum Gasteiger partial charge on any atom is -0.317 e. The lowest BCUT2D eigenvalue weighted by Gasteiger charge is -2.04. The molecule has 0 bridgehead atoms. The smallest absolute Gasteiger partial charge is 0.00489 e. The lowest BCUT2D eigenvalue weighted by Crippen LogP contribution is -2.16. The third-order valence-electron chi connectivity index (χ3n) is 3.46. The van der Waals surface area contributed by atoms with Gasteiger partial charge in [0.2, 0.25) is 0 Å². The number of nitrogens with one attached hydrogen (secondary N) is 1. The minimum absolute atomic E-state index is 1.09. The molecule has 0 aromatic carbocycles. The Morgan fingerprint density at radius 3 is 1.22 bits per heavy atom. The predicted octanol–water partition coefficient (Wildman–Crippen LogP) is 5.32. The zero-order chi connectivity index (χ0) is 13.3. The van der Waals surface area contributed by atoms with Crippen LogP contribution in [0.1, 0.15) is 83.5 Å². The Hall–Kier alpha value is -0.0400. The average Bonchev–Trinajstić information content (AvgIpc) is 2.39. The standard InChI is InChI=1S/C17H35N/c1-3-5-7-9-10-11-12-13-15-17-18-16-14-8-6-4-2/h18H,1-17H2. The number of hydrogen-bond acceptors (Lipinski definition) is 1. The van der Waals surface area contributed by atoms with Gasteiger partial charge in [-0.2, -0.15) is 0 Å². The van der Waals surface area contributed by atoms with Gasteiger partial charge in [0, 0.05) is 0 Å². The Bertz CT molecular complexity index is 118. The summed E-state index contributed by atoms with van der Waals surface area (Å²) in [6.45, 7) is 10.1. The van der Waals surface area contributed by atoms with E-state index in [1.807, 2.05) is 0 Å². The molecule has 0 fully saturated rings. The Kier molecular flexibility index (Phi) is 16.9. The first-order valence-corrected chi connectivity index (χ1v) is 8.21. The number of hydrogen-bond donors (Lipinski definition) is 1. The van der Waals surface area contributed by atoms with E-state index in [1.54, 1.807) is 0 Å². The largest absolute Gasteiger partial charge is 0.317 e. The van der Waals surface area contributed by atoms with Crippen LogP contribution in [-0.2, 0) is 0 Å². The highest BCUT2D eigenvalue weighted by Crippen LogP contribution is 2.09. The fourth-order valence-corrected chi connectivity index (χ4v) is 2.22. The molecule has 0 saturated carbocycles. The minimum atomic E-state index is 1.09. The molecule has 0 heterocycles. The van der Waals surface area contributed by atoms with Crippen molar-refractivity contribution in [3.63, 3.8) is 0 Å². The third-order valence-corrected chi connectivity index (χ3v) is 3.46. The molecule has 0 amide bonds. The van der Waals surface area contributed by atoms with Crippen LogP contribution in [0.4, 0.5) is 0 Å². The van der Waals surface area contributed by atoms with Gasteiger partial charge in [-0.25, -0.2) is 0 Å². The number of rotatable bonds is 15. The van der Waals surface area contributed by atoms with E-state index in [0.717, 1.165) is 12.8 Å². The number of unbranched alkanes of at least 4 members (excludes halogenated alkanes) is 11. The molecule has 18 heavy (non-hydrogen) atoms. The quantitative estimate of drug-likeness (QED) is 0.390. The van der Waals surface area contributed by atoms with Gasteiger partial charge in [-0.1, -0.05) is 84.5 Å². The van der Waals surface area contributed by atoms with Crippen LogP contribution in [0.15, 0.2) is 0 Å². The second-order valence-electron chi connectivity index (χ2n) is 5.35. The van der Waals surface area contributed by atoms with Crippen molar-refractivity contribution in [1.82, 2.24) is 5.32 Å². The van der Waals surface area contributed by atoms with Crippen molar-refractivity contribution in [1.29, 1.82) is 0 Å². The summed E-state index contributed by atoms with van der Waals surface area (Å²) in [5.74, 6) is 0. The highest BCUT2D eigenvalue weighted by Gasteiger charge is 1.92. The van der Waals surface area contributed by atoms with Gasteiger partial charge in [0.05, 0.1) is 0 Å². The summed E-state index contributed by atoms with van der Waals surface area (Å²) in [6.07, 6.45) is 17.3. The van der Waals surface area contributed by atoms with Crippen LogP contribution in [0.2, 0.25) is 0 Å². The lowest BCUT2D eigenvalue weighted by molar-refractivity contribution is 0.541. The van der Waals surface area contributed by atoms with E-state index in [4.69, 9.17) is 0 Å². The summed E-state index contributed by atoms with van der Waals surface area (Å²) in [5, 5.41) is 3.54. The predicted molar refractivity (Wildman–Crippen MR) is 83.6 cm³/mol. The van der Waals surface area contributed by atoms with E-state index in [9.17, 15) is 0 Å². The van der Waals surface area contributed by atoms with Gasteiger partial charge in [-0.15, -0.1) is 0 Å². The molecule has 1 nitrogen and oxygen atoms in total. The molecule has 0 aliphatic rings. The first-order chi connectivity index (χ1) is 8.91. The van der Waals surface area contributed by atoms with E-state index in [1.165, 1.54) is 83.7 Å². The molecule has 0 unspecified atom stereocenters. The van der Waals surface area contributed by atoms with E-state index in [-0.39, 0.29) is 0 Å². The summed E-state index contributed by atoms with van der Waals surface area (Å²) in [6, 6.07) is 0. The van der Waals surface area contributed by atoms with Gasteiger partial charge in [-0.05, 0) is 25.9 Å². The summed E-state index contributed by atoms with van der Waals surface area (Å²) >= 11 is 0. The molecule has 0 spiro atoms. The molecule has 0 atom stereocenters. The Balaban J connectivity index is 2.86. The van der Waals surface area contributed by atoms with Gasteiger partial charge in [-0.3, -0.25) is 0 Å². The van der Waals surface area contributed by atoms with Gasteiger partial charge >= 0.3 is 0 Å². The summed E-state index contributed by atoms with van der Waals surface area (Å²) < 4.78 is 0. The van der Waals surface area contributed by atoms with Crippen LogP contribution >= 0.6 is 0 Å². The third kappa shape index (κ3) is 16.0. The fourth-order valence-electron chi connectivity index (χ4n) is 2.22. The zero-order valence-corrected chi connectivity index (χ0v) is 12.5. The molecule has 0 aromatic heterocycles. The van der Waals surface area contributed by atoms with Crippen molar-refractivity contribution < 1.29 is 0 Å². The molecular formula is C17H35N. The van der Waals surface area contributed by atoms with Crippen molar-refractivity contribution in [3.8, 4) is 0 Å². The van der Waals surface area contributed by atoms with Gasteiger partial charge in [0.1, 0.15) is 0 Å². The normalized spacial score (nSPS) is 11.0. The maximum Gasteiger partial charge on any atom is -0.00489 e. The molecule has 2 radical (unpaired) electrons. The Morgan fingerprint density at radius 2 is 0.778 bits per heavy atom. The average molecular weight is 253 g/mol. The summed E-state index contributed by atoms with van der Waals surface area (Å²) in [7, 11) is 0. The van der Waals surface area contributed by atoms with E-state index in [2.05, 4.69) is 19.2 Å².